The quantitative estimate of drug-likeness (QED) is 0.805. The molecule has 3 rings (SSSR count). The minimum absolute atomic E-state index is 0.0110. The number of rotatable bonds is 5. The van der Waals surface area contributed by atoms with Crippen LogP contribution in [0.15, 0.2) is 48.0 Å². The van der Waals surface area contributed by atoms with Gasteiger partial charge in [0.25, 0.3) is 0 Å². The van der Waals surface area contributed by atoms with Gasteiger partial charge in [0.05, 0.1) is 7.11 Å². The monoisotopic (exact) mass is 366 g/mol. The van der Waals surface area contributed by atoms with Crippen LogP contribution in [-0.4, -0.2) is 29.6 Å². The zero-order valence-corrected chi connectivity index (χ0v) is 15.6. The molecule has 0 heterocycles. The van der Waals surface area contributed by atoms with Crippen LogP contribution in [-0.2, 0) is 11.2 Å². The molecule has 1 aliphatic carbocycles. The summed E-state index contributed by atoms with van der Waals surface area (Å²) in [5.74, 6) is 0.146. The molecule has 140 valence electrons. The molecule has 0 bridgehead atoms. The molecule has 0 amide bonds. The Kier molecular flexibility index (Phi) is 5.04. The predicted octanol–water partition coefficient (Wildman–Crippen LogP) is 4.15. The highest BCUT2D eigenvalue weighted by Gasteiger charge is 2.30. The van der Waals surface area contributed by atoms with E-state index in [4.69, 9.17) is 9.47 Å². The Hall–Kier alpha value is -3.08. The standard InChI is InChI=1S/C22H22O5/c1-22(2,21(24)25)27-18-9-10-19-15(13-18)7-8-16(20(19)23)11-14-5-4-6-17(12-14)26-3/h4-6,9-13H,7-8H2,1-3H3,(H,24,25)/b16-11+. The van der Waals surface area contributed by atoms with Gasteiger partial charge in [-0.15, -0.1) is 0 Å². The Morgan fingerprint density at radius 1 is 1.11 bits per heavy atom. The van der Waals surface area contributed by atoms with Crippen molar-refractivity contribution in [1.82, 2.24) is 0 Å². The highest BCUT2D eigenvalue weighted by molar-refractivity contribution is 6.13. The second-order valence-electron chi connectivity index (χ2n) is 7.01. The number of carboxylic acids is 1. The van der Waals surface area contributed by atoms with Crippen molar-refractivity contribution in [2.75, 3.05) is 7.11 Å². The number of aliphatic carboxylic acids is 1. The summed E-state index contributed by atoms with van der Waals surface area (Å²) in [6.45, 7) is 2.99. The van der Waals surface area contributed by atoms with Crippen LogP contribution in [0.3, 0.4) is 0 Å². The Bertz CT molecular complexity index is 924. The predicted molar refractivity (Wildman–Crippen MR) is 102 cm³/mol. The van der Waals surface area contributed by atoms with E-state index in [0.29, 0.717) is 24.2 Å². The van der Waals surface area contributed by atoms with Gasteiger partial charge < -0.3 is 14.6 Å². The van der Waals surface area contributed by atoms with Crippen molar-refractivity contribution in [3.8, 4) is 11.5 Å². The van der Waals surface area contributed by atoms with Crippen molar-refractivity contribution in [2.24, 2.45) is 0 Å². The molecule has 0 aromatic heterocycles. The van der Waals surface area contributed by atoms with Crippen LogP contribution in [0.25, 0.3) is 6.08 Å². The summed E-state index contributed by atoms with van der Waals surface area (Å²) in [4.78, 5) is 24.1. The van der Waals surface area contributed by atoms with Crippen molar-refractivity contribution < 1.29 is 24.2 Å². The van der Waals surface area contributed by atoms with Crippen molar-refractivity contribution in [2.45, 2.75) is 32.3 Å². The van der Waals surface area contributed by atoms with E-state index in [1.807, 2.05) is 30.3 Å². The van der Waals surface area contributed by atoms with E-state index in [9.17, 15) is 14.7 Å². The number of Topliss-reactive ketones (excluding diaryl/α,β-unsaturated/α-hetero) is 1. The van der Waals surface area contributed by atoms with E-state index < -0.39 is 11.6 Å². The number of allylic oxidation sites excluding steroid dienone is 1. The number of hydrogen-bond acceptors (Lipinski definition) is 4. The van der Waals surface area contributed by atoms with E-state index >= 15 is 0 Å². The Balaban J connectivity index is 1.85. The fourth-order valence-electron chi connectivity index (χ4n) is 3.03. The third kappa shape index (κ3) is 4.03. The lowest BCUT2D eigenvalue weighted by Crippen LogP contribution is -2.37. The molecule has 0 unspecified atom stereocenters. The molecular formula is C22H22O5. The summed E-state index contributed by atoms with van der Waals surface area (Å²) in [5, 5.41) is 9.20. The van der Waals surface area contributed by atoms with Gasteiger partial charge in [-0.2, -0.15) is 0 Å². The second kappa shape index (κ2) is 7.27. The molecule has 1 aliphatic rings. The largest absolute Gasteiger partial charge is 0.497 e. The van der Waals surface area contributed by atoms with Crippen molar-refractivity contribution in [3.05, 3.63) is 64.7 Å². The summed E-state index contributed by atoms with van der Waals surface area (Å²) in [6, 6.07) is 12.7. The van der Waals surface area contributed by atoms with E-state index in [1.165, 1.54) is 13.8 Å². The molecule has 27 heavy (non-hydrogen) atoms. The van der Waals surface area contributed by atoms with E-state index in [1.54, 1.807) is 25.3 Å². The molecular weight excluding hydrogens is 344 g/mol. The van der Waals surface area contributed by atoms with Gasteiger partial charge in [-0.1, -0.05) is 12.1 Å². The molecule has 0 saturated carbocycles. The van der Waals surface area contributed by atoms with Crippen LogP contribution >= 0.6 is 0 Å². The Morgan fingerprint density at radius 3 is 2.59 bits per heavy atom. The zero-order valence-electron chi connectivity index (χ0n) is 15.6. The van der Waals surface area contributed by atoms with Gasteiger partial charge in [0.1, 0.15) is 11.5 Å². The number of ether oxygens (including phenoxy) is 2. The lowest BCUT2D eigenvalue weighted by atomic mass is 9.86. The number of carboxylic acid groups (broad SMARTS) is 1. The van der Waals surface area contributed by atoms with Gasteiger partial charge in [-0.05, 0) is 74.2 Å². The van der Waals surface area contributed by atoms with Crippen molar-refractivity contribution in [3.63, 3.8) is 0 Å². The fraction of sp³-hybridized carbons (Fsp3) is 0.273. The summed E-state index contributed by atoms with van der Waals surface area (Å²) in [7, 11) is 1.61. The molecule has 5 heteroatoms. The summed E-state index contributed by atoms with van der Waals surface area (Å²) in [6.07, 6.45) is 3.21. The number of fused-ring (bicyclic) bond motifs is 1. The molecule has 2 aromatic carbocycles. The second-order valence-corrected chi connectivity index (χ2v) is 7.01. The van der Waals surface area contributed by atoms with Crippen LogP contribution in [0, 0.1) is 0 Å². The maximum absolute atomic E-state index is 12.8. The van der Waals surface area contributed by atoms with Gasteiger partial charge in [0, 0.05) is 11.1 Å². The third-order valence-corrected chi connectivity index (χ3v) is 4.60. The van der Waals surface area contributed by atoms with Crippen LogP contribution < -0.4 is 9.47 Å². The minimum Gasteiger partial charge on any atom is -0.497 e. The molecule has 2 aromatic rings. The number of carbonyl (C=O) groups is 2. The molecule has 0 fully saturated rings. The summed E-state index contributed by atoms with van der Waals surface area (Å²) >= 11 is 0. The fourth-order valence-corrected chi connectivity index (χ4v) is 3.03. The van der Waals surface area contributed by atoms with E-state index in [-0.39, 0.29) is 5.78 Å². The molecule has 0 spiro atoms. The Labute approximate surface area is 158 Å². The van der Waals surface area contributed by atoms with Gasteiger partial charge in [0.2, 0.25) is 0 Å². The zero-order chi connectivity index (χ0) is 19.6. The average molecular weight is 366 g/mol. The summed E-state index contributed by atoms with van der Waals surface area (Å²) < 4.78 is 10.8. The SMILES string of the molecule is COc1cccc(/C=C2\CCc3cc(OC(C)(C)C(=O)O)ccc3C2=O)c1. The topological polar surface area (TPSA) is 72.8 Å². The first-order valence-electron chi connectivity index (χ1n) is 8.75. The number of methoxy groups -OCH3 is 1. The lowest BCUT2D eigenvalue weighted by Gasteiger charge is -2.23. The maximum atomic E-state index is 12.8. The van der Waals surface area contributed by atoms with Crippen LogP contribution in [0.2, 0.25) is 0 Å². The van der Waals surface area contributed by atoms with Crippen molar-refractivity contribution in [1.29, 1.82) is 0 Å². The van der Waals surface area contributed by atoms with E-state index in [0.717, 1.165) is 22.4 Å². The number of aryl methyl sites for hydroxylation is 1. The number of benzene rings is 2. The molecule has 1 N–H and O–H groups in total. The maximum Gasteiger partial charge on any atom is 0.347 e. The van der Waals surface area contributed by atoms with Gasteiger partial charge in [-0.25, -0.2) is 4.79 Å². The Morgan fingerprint density at radius 2 is 1.89 bits per heavy atom. The average Bonchev–Trinajstić information content (AvgIpc) is 2.64. The molecule has 0 aliphatic heterocycles. The lowest BCUT2D eigenvalue weighted by molar-refractivity contribution is -0.152. The third-order valence-electron chi connectivity index (χ3n) is 4.60. The molecule has 0 radical (unpaired) electrons. The van der Waals surface area contributed by atoms with Gasteiger partial charge in [-0.3, -0.25) is 4.79 Å². The number of carbonyl (C=O) groups excluding carboxylic acids is 1. The van der Waals surface area contributed by atoms with Gasteiger partial charge >= 0.3 is 5.97 Å². The molecule has 0 atom stereocenters. The smallest absolute Gasteiger partial charge is 0.347 e. The number of hydrogen-bond donors (Lipinski definition) is 1. The van der Waals surface area contributed by atoms with Crippen LogP contribution in [0.5, 0.6) is 11.5 Å². The molecule has 0 saturated heterocycles. The first kappa shape index (κ1) is 18.7. The highest BCUT2D eigenvalue weighted by atomic mass is 16.5. The summed E-state index contributed by atoms with van der Waals surface area (Å²) in [5.41, 5.74) is 1.85. The first-order chi connectivity index (χ1) is 12.8. The minimum atomic E-state index is -1.33. The highest BCUT2D eigenvalue weighted by Crippen LogP contribution is 2.31. The van der Waals surface area contributed by atoms with Gasteiger partial charge in [0.15, 0.2) is 11.4 Å². The van der Waals surface area contributed by atoms with Crippen LogP contribution in [0.4, 0.5) is 0 Å². The molecule has 5 nitrogen and oxygen atoms in total. The van der Waals surface area contributed by atoms with E-state index in [2.05, 4.69) is 0 Å². The normalized spacial score (nSPS) is 15.4. The number of ketones is 1. The van der Waals surface area contributed by atoms with Crippen LogP contribution in [0.1, 0.15) is 41.8 Å². The van der Waals surface area contributed by atoms with Crippen molar-refractivity contribution >= 4 is 17.8 Å². The first-order valence-corrected chi connectivity index (χ1v) is 8.75.